The molecule has 0 radical (unpaired) electrons. The molecule has 0 amide bonds. The molecule has 128 valence electrons. The van der Waals surface area contributed by atoms with Crippen LogP contribution in [0.4, 0.5) is 0 Å². The van der Waals surface area contributed by atoms with E-state index >= 15 is 0 Å². The molecule has 0 spiro atoms. The molecular formula is C19H26N4O. The molecule has 0 aliphatic carbocycles. The lowest BCUT2D eigenvalue weighted by molar-refractivity contribution is 0.0376. The Morgan fingerprint density at radius 2 is 1.92 bits per heavy atom. The lowest BCUT2D eigenvalue weighted by atomic mass is 10.1. The molecule has 1 fully saturated rings. The number of benzene rings is 2. The largest absolute Gasteiger partial charge is 0.379 e. The maximum Gasteiger partial charge on any atom is 0.188 e. The van der Waals surface area contributed by atoms with Gasteiger partial charge in [-0.25, -0.2) is 4.99 Å². The van der Waals surface area contributed by atoms with Gasteiger partial charge >= 0.3 is 0 Å². The maximum atomic E-state index is 5.96. The predicted octanol–water partition coefficient (Wildman–Crippen LogP) is 1.97. The molecule has 0 unspecified atom stereocenters. The molecule has 24 heavy (non-hydrogen) atoms. The Hall–Kier alpha value is -2.11. The third kappa shape index (κ3) is 4.94. The van der Waals surface area contributed by atoms with E-state index in [2.05, 4.69) is 57.7 Å². The zero-order chi connectivity index (χ0) is 16.6. The van der Waals surface area contributed by atoms with Gasteiger partial charge in [-0.2, -0.15) is 0 Å². The molecule has 3 N–H and O–H groups in total. The molecule has 0 bridgehead atoms. The maximum absolute atomic E-state index is 5.96. The zero-order valence-electron chi connectivity index (χ0n) is 14.1. The van der Waals surface area contributed by atoms with Crippen LogP contribution < -0.4 is 11.1 Å². The highest BCUT2D eigenvalue weighted by Gasteiger charge is 2.08. The van der Waals surface area contributed by atoms with Crippen LogP contribution in [-0.2, 0) is 11.3 Å². The highest BCUT2D eigenvalue weighted by atomic mass is 16.5. The lowest BCUT2D eigenvalue weighted by Crippen LogP contribution is -2.39. The van der Waals surface area contributed by atoms with Crippen LogP contribution in [0, 0.1) is 0 Å². The SMILES string of the molecule is NC(=NCc1ccc2ccccc2c1)NCCCN1CCOCC1. The summed E-state index contributed by atoms with van der Waals surface area (Å²) in [5.74, 6) is 0.519. The van der Waals surface area contributed by atoms with E-state index in [-0.39, 0.29) is 0 Å². The van der Waals surface area contributed by atoms with E-state index in [1.165, 1.54) is 16.3 Å². The van der Waals surface area contributed by atoms with Crippen molar-refractivity contribution in [1.82, 2.24) is 10.2 Å². The van der Waals surface area contributed by atoms with E-state index in [4.69, 9.17) is 10.5 Å². The fourth-order valence-electron chi connectivity index (χ4n) is 2.91. The van der Waals surface area contributed by atoms with Crippen molar-refractivity contribution >= 4 is 16.7 Å². The van der Waals surface area contributed by atoms with Crippen LogP contribution in [0.3, 0.4) is 0 Å². The molecular weight excluding hydrogens is 300 g/mol. The third-order valence-electron chi connectivity index (χ3n) is 4.31. The number of nitrogens with zero attached hydrogens (tertiary/aromatic N) is 2. The Bertz CT molecular complexity index is 680. The van der Waals surface area contributed by atoms with E-state index in [0.29, 0.717) is 12.5 Å². The van der Waals surface area contributed by atoms with E-state index in [1.807, 2.05) is 0 Å². The fourth-order valence-corrected chi connectivity index (χ4v) is 2.91. The van der Waals surface area contributed by atoms with Crippen LogP contribution in [0.1, 0.15) is 12.0 Å². The first-order valence-electron chi connectivity index (χ1n) is 8.63. The van der Waals surface area contributed by atoms with Crippen molar-refractivity contribution in [3.8, 4) is 0 Å². The molecule has 1 aliphatic heterocycles. The zero-order valence-corrected chi connectivity index (χ0v) is 14.1. The van der Waals surface area contributed by atoms with Gasteiger partial charge in [0.05, 0.1) is 19.8 Å². The van der Waals surface area contributed by atoms with Gasteiger partial charge in [-0.3, -0.25) is 4.90 Å². The summed E-state index contributed by atoms with van der Waals surface area (Å²) >= 11 is 0. The molecule has 3 rings (SSSR count). The van der Waals surface area contributed by atoms with Gasteiger partial charge in [0.15, 0.2) is 5.96 Å². The van der Waals surface area contributed by atoms with Gasteiger partial charge in [-0.15, -0.1) is 0 Å². The second-order valence-electron chi connectivity index (χ2n) is 6.12. The molecule has 1 saturated heterocycles. The number of hydrogen-bond acceptors (Lipinski definition) is 3. The first-order chi connectivity index (χ1) is 11.8. The van der Waals surface area contributed by atoms with Crippen molar-refractivity contribution in [2.75, 3.05) is 39.4 Å². The predicted molar refractivity (Wildman–Crippen MR) is 99.2 cm³/mol. The van der Waals surface area contributed by atoms with Gasteiger partial charge in [-0.05, 0) is 35.4 Å². The Morgan fingerprint density at radius 3 is 2.75 bits per heavy atom. The molecule has 1 aliphatic rings. The minimum absolute atomic E-state index is 0.519. The first-order valence-corrected chi connectivity index (χ1v) is 8.63. The smallest absolute Gasteiger partial charge is 0.188 e. The summed E-state index contributed by atoms with van der Waals surface area (Å²) in [6.45, 7) is 6.30. The molecule has 2 aromatic rings. The summed E-state index contributed by atoms with van der Waals surface area (Å²) in [6, 6.07) is 14.8. The van der Waals surface area contributed by atoms with Gasteiger partial charge in [0.2, 0.25) is 0 Å². The van der Waals surface area contributed by atoms with E-state index in [1.54, 1.807) is 0 Å². The van der Waals surface area contributed by atoms with Crippen LogP contribution in [0.5, 0.6) is 0 Å². The summed E-state index contributed by atoms with van der Waals surface area (Å²) in [5, 5.41) is 5.69. The highest BCUT2D eigenvalue weighted by Crippen LogP contribution is 2.16. The van der Waals surface area contributed by atoms with Crippen molar-refractivity contribution in [3.05, 3.63) is 48.0 Å². The van der Waals surface area contributed by atoms with Crippen LogP contribution >= 0.6 is 0 Å². The van der Waals surface area contributed by atoms with Crippen LogP contribution in [0.15, 0.2) is 47.5 Å². The number of hydrogen-bond donors (Lipinski definition) is 2. The van der Waals surface area contributed by atoms with E-state index in [9.17, 15) is 0 Å². The van der Waals surface area contributed by atoms with Crippen LogP contribution in [-0.4, -0.2) is 50.3 Å². The van der Waals surface area contributed by atoms with Crippen LogP contribution in [0.2, 0.25) is 0 Å². The summed E-state index contributed by atoms with van der Waals surface area (Å²) in [5.41, 5.74) is 7.13. The summed E-state index contributed by atoms with van der Waals surface area (Å²) < 4.78 is 5.35. The number of ether oxygens (including phenoxy) is 1. The van der Waals surface area contributed by atoms with Gasteiger partial charge in [0.25, 0.3) is 0 Å². The topological polar surface area (TPSA) is 62.9 Å². The van der Waals surface area contributed by atoms with E-state index in [0.717, 1.165) is 45.8 Å². The molecule has 0 aromatic heterocycles. The summed E-state index contributed by atoms with van der Waals surface area (Å²) in [4.78, 5) is 6.86. The Kier molecular flexibility index (Phi) is 6.04. The number of guanidine groups is 1. The molecule has 1 heterocycles. The molecule has 5 nitrogen and oxygen atoms in total. The molecule has 5 heteroatoms. The highest BCUT2D eigenvalue weighted by molar-refractivity contribution is 5.83. The third-order valence-corrected chi connectivity index (χ3v) is 4.31. The first kappa shape index (κ1) is 16.7. The van der Waals surface area contributed by atoms with Crippen molar-refractivity contribution in [1.29, 1.82) is 0 Å². The number of nitrogens with one attached hydrogen (secondary N) is 1. The minimum Gasteiger partial charge on any atom is -0.379 e. The summed E-state index contributed by atoms with van der Waals surface area (Å²) in [7, 11) is 0. The quantitative estimate of drug-likeness (QED) is 0.484. The molecule has 0 atom stereocenters. The van der Waals surface area contributed by atoms with Gasteiger partial charge < -0.3 is 15.8 Å². The average Bonchev–Trinajstić information content (AvgIpc) is 2.64. The Morgan fingerprint density at radius 1 is 1.12 bits per heavy atom. The number of morpholine rings is 1. The molecule has 0 saturated carbocycles. The van der Waals surface area contributed by atoms with Gasteiger partial charge in [-0.1, -0.05) is 36.4 Å². The number of fused-ring (bicyclic) bond motifs is 1. The second kappa shape index (κ2) is 8.66. The van der Waals surface area contributed by atoms with Crippen molar-refractivity contribution in [3.63, 3.8) is 0 Å². The van der Waals surface area contributed by atoms with E-state index < -0.39 is 0 Å². The number of rotatable bonds is 6. The fraction of sp³-hybridized carbons (Fsp3) is 0.421. The Labute approximate surface area is 143 Å². The Balaban J connectivity index is 1.41. The van der Waals surface area contributed by atoms with Crippen molar-refractivity contribution in [2.24, 2.45) is 10.7 Å². The second-order valence-corrected chi connectivity index (χ2v) is 6.12. The monoisotopic (exact) mass is 326 g/mol. The van der Waals surface area contributed by atoms with Gasteiger partial charge in [0, 0.05) is 19.6 Å². The average molecular weight is 326 g/mol. The number of aliphatic imine (C=N–C) groups is 1. The van der Waals surface area contributed by atoms with Crippen LogP contribution in [0.25, 0.3) is 10.8 Å². The summed E-state index contributed by atoms with van der Waals surface area (Å²) in [6.07, 6.45) is 1.06. The van der Waals surface area contributed by atoms with Crippen molar-refractivity contribution < 1.29 is 4.74 Å². The van der Waals surface area contributed by atoms with Crippen molar-refractivity contribution in [2.45, 2.75) is 13.0 Å². The lowest BCUT2D eigenvalue weighted by Gasteiger charge is -2.26. The molecule has 2 aromatic carbocycles. The minimum atomic E-state index is 0.519. The number of nitrogens with two attached hydrogens (primary N) is 1. The standard InChI is InChI=1S/C19H26N4O/c20-19(21-8-3-9-23-10-12-24-13-11-23)22-15-16-6-7-17-4-1-2-5-18(17)14-16/h1-2,4-7,14H,3,8-13,15H2,(H3,20,21,22). The van der Waals surface area contributed by atoms with Gasteiger partial charge in [0.1, 0.15) is 0 Å². The normalized spacial score (nSPS) is 16.4.